The van der Waals surface area contributed by atoms with Gasteiger partial charge < -0.3 is 10.4 Å². The number of halogens is 1. The molecular weight excluding hydrogens is 301 g/mol. The lowest BCUT2D eigenvalue weighted by Gasteiger charge is -2.06. The molecule has 6 nitrogen and oxygen atoms in total. The normalized spacial score (nSPS) is 10.6. The molecule has 0 aliphatic heterocycles. The van der Waals surface area contributed by atoms with E-state index in [1.54, 1.807) is 23.7 Å². The molecule has 0 spiro atoms. The van der Waals surface area contributed by atoms with Crippen LogP contribution in [0.15, 0.2) is 24.3 Å². The number of carboxylic acid groups (broad SMARTS) is 1. The zero-order valence-corrected chi connectivity index (χ0v) is 13.0. The second-order valence-electron chi connectivity index (χ2n) is 5.21. The molecule has 1 aromatic heterocycles. The van der Waals surface area contributed by atoms with Gasteiger partial charge in [-0.25, -0.2) is 9.07 Å². The summed E-state index contributed by atoms with van der Waals surface area (Å²) in [7, 11) is 0. The molecular formula is C16H18FN3O3. The Labute approximate surface area is 132 Å². The van der Waals surface area contributed by atoms with Crippen LogP contribution in [-0.4, -0.2) is 33.3 Å². The lowest BCUT2D eigenvalue weighted by molar-refractivity contribution is -0.136. The van der Waals surface area contributed by atoms with E-state index in [1.165, 1.54) is 12.1 Å². The number of carbonyl (C=O) groups excluding carboxylic acids is 1. The third kappa shape index (κ3) is 4.15. The topological polar surface area (TPSA) is 84.2 Å². The molecule has 1 amide bonds. The van der Waals surface area contributed by atoms with Gasteiger partial charge >= 0.3 is 5.97 Å². The molecule has 0 aliphatic rings. The van der Waals surface area contributed by atoms with Crippen LogP contribution in [-0.2, 0) is 16.0 Å². The number of amides is 1. The van der Waals surface area contributed by atoms with Crippen LogP contribution in [0.25, 0.3) is 5.69 Å². The molecule has 0 fully saturated rings. The number of nitrogens with zero attached hydrogens (tertiary/aromatic N) is 2. The Morgan fingerprint density at radius 2 is 1.91 bits per heavy atom. The average Bonchev–Trinajstić information content (AvgIpc) is 2.76. The van der Waals surface area contributed by atoms with Gasteiger partial charge in [-0.15, -0.1) is 0 Å². The lowest BCUT2D eigenvalue weighted by atomic mass is 10.1. The predicted molar refractivity (Wildman–Crippen MR) is 82.0 cm³/mol. The Bertz CT molecular complexity index is 723. The van der Waals surface area contributed by atoms with Crippen LogP contribution >= 0.6 is 0 Å². The van der Waals surface area contributed by atoms with Crippen molar-refractivity contribution in [3.8, 4) is 5.69 Å². The summed E-state index contributed by atoms with van der Waals surface area (Å²) in [5.41, 5.74) is 2.99. The summed E-state index contributed by atoms with van der Waals surface area (Å²) in [5, 5.41) is 15.5. The van der Waals surface area contributed by atoms with Gasteiger partial charge in [0.05, 0.1) is 24.2 Å². The lowest BCUT2D eigenvalue weighted by Crippen LogP contribution is -2.27. The number of aliphatic carboxylic acids is 1. The molecule has 23 heavy (non-hydrogen) atoms. The first-order valence-electron chi connectivity index (χ1n) is 7.18. The molecule has 0 saturated heterocycles. The van der Waals surface area contributed by atoms with Crippen molar-refractivity contribution in [2.24, 2.45) is 0 Å². The van der Waals surface area contributed by atoms with Crippen LogP contribution in [0, 0.1) is 19.7 Å². The highest BCUT2D eigenvalue weighted by atomic mass is 19.1. The smallest absolute Gasteiger partial charge is 0.305 e. The third-order valence-electron chi connectivity index (χ3n) is 3.51. The number of benzene rings is 1. The minimum absolute atomic E-state index is 0.0956. The van der Waals surface area contributed by atoms with E-state index in [-0.39, 0.29) is 31.1 Å². The van der Waals surface area contributed by atoms with Gasteiger partial charge in [-0.05, 0) is 38.1 Å². The first-order chi connectivity index (χ1) is 10.9. The molecule has 0 saturated carbocycles. The van der Waals surface area contributed by atoms with Gasteiger partial charge in [0.1, 0.15) is 5.82 Å². The summed E-state index contributed by atoms with van der Waals surface area (Å²) in [6.45, 7) is 3.73. The van der Waals surface area contributed by atoms with Crippen LogP contribution in [0.1, 0.15) is 23.4 Å². The highest BCUT2D eigenvalue weighted by molar-refractivity contribution is 5.79. The van der Waals surface area contributed by atoms with Crippen molar-refractivity contribution in [3.05, 3.63) is 47.0 Å². The monoisotopic (exact) mass is 319 g/mol. The van der Waals surface area contributed by atoms with Gasteiger partial charge in [-0.3, -0.25) is 9.59 Å². The number of hydrogen-bond acceptors (Lipinski definition) is 3. The Kier molecular flexibility index (Phi) is 5.10. The molecule has 2 rings (SSSR count). The Morgan fingerprint density at radius 1 is 1.26 bits per heavy atom. The van der Waals surface area contributed by atoms with Crippen molar-refractivity contribution in [2.75, 3.05) is 6.54 Å². The summed E-state index contributed by atoms with van der Waals surface area (Å²) < 4.78 is 14.7. The Morgan fingerprint density at radius 3 is 2.52 bits per heavy atom. The number of rotatable bonds is 6. The highest BCUT2D eigenvalue weighted by Gasteiger charge is 2.16. The maximum Gasteiger partial charge on any atom is 0.305 e. The largest absolute Gasteiger partial charge is 0.481 e. The molecule has 1 aromatic carbocycles. The van der Waals surface area contributed by atoms with E-state index in [4.69, 9.17) is 5.11 Å². The van der Waals surface area contributed by atoms with Crippen molar-refractivity contribution in [1.82, 2.24) is 15.1 Å². The van der Waals surface area contributed by atoms with E-state index < -0.39 is 5.97 Å². The fourth-order valence-electron chi connectivity index (χ4n) is 2.30. The first kappa shape index (κ1) is 16.7. The number of aromatic nitrogens is 2. The molecule has 2 N–H and O–H groups in total. The van der Waals surface area contributed by atoms with Crippen molar-refractivity contribution in [1.29, 1.82) is 0 Å². The van der Waals surface area contributed by atoms with E-state index in [1.807, 2.05) is 6.92 Å². The van der Waals surface area contributed by atoms with Gasteiger partial charge in [0.25, 0.3) is 0 Å². The quantitative estimate of drug-likeness (QED) is 0.850. The number of carboxylic acids is 1. The van der Waals surface area contributed by atoms with E-state index in [0.717, 1.165) is 11.3 Å². The fraction of sp³-hybridized carbons (Fsp3) is 0.312. The fourth-order valence-corrected chi connectivity index (χ4v) is 2.30. The van der Waals surface area contributed by atoms with E-state index in [2.05, 4.69) is 10.4 Å². The highest BCUT2D eigenvalue weighted by Crippen LogP contribution is 2.18. The molecule has 0 atom stereocenters. The molecule has 0 aliphatic carbocycles. The first-order valence-corrected chi connectivity index (χ1v) is 7.18. The molecule has 1 heterocycles. The maximum atomic E-state index is 13.0. The van der Waals surface area contributed by atoms with Crippen LogP contribution < -0.4 is 5.32 Å². The molecule has 7 heteroatoms. The standard InChI is InChI=1S/C16H18FN3O3/c1-10-14(9-15(21)18-8-7-16(22)23)11(2)20(19-10)13-5-3-12(17)4-6-13/h3-6H,7-9H2,1-2H3,(H,18,21)(H,22,23). The zero-order chi connectivity index (χ0) is 17.0. The number of carbonyl (C=O) groups is 2. The molecule has 0 radical (unpaired) electrons. The van der Waals surface area contributed by atoms with Crippen LogP contribution in [0.4, 0.5) is 4.39 Å². The Balaban J connectivity index is 2.13. The molecule has 2 aromatic rings. The minimum Gasteiger partial charge on any atom is -0.481 e. The van der Waals surface area contributed by atoms with Crippen LogP contribution in [0.3, 0.4) is 0 Å². The average molecular weight is 319 g/mol. The van der Waals surface area contributed by atoms with Crippen molar-refractivity contribution >= 4 is 11.9 Å². The van der Waals surface area contributed by atoms with Crippen molar-refractivity contribution in [2.45, 2.75) is 26.7 Å². The SMILES string of the molecule is Cc1nn(-c2ccc(F)cc2)c(C)c1CC(=O)NCCC(=O)O. The van der Waals surface area contributed by atoms with Crippen LogP contribution in [0.5, 0.6) is 0 Å². The zero-order valence-electron chi connectivity index (χ0n) is 13.0. The summed E-state index contributed by atoms with van der Waals surface area (Å²) in [5.74, 6) is -1.54. The number of aryl methyl sites for hydroxylation is 1. The maximum absolute atomic E-state index is 13.0. The number of nitrogens with one attached hydrogen (secondary N) is 1. The summed E-state index contributed by atoms with van der Waals surface area (Å²) in [6, 6.07) is 5.94. The van der Waals surface area contributed by atoms with E-state index >= 15 is 0 Å². The second kappa shape index (κ2) is 7.04. The molecule has 0 bridgehead atoms. The van der Waals surface area contributed by atoms with Gasteiger partial charge in [0, 0.05) is 17.8 Å². The molecule has 122 valence electrons. The third-order valence-corrected chi connectivity index (χ3v) is 3.51. The number of hydrogen-bond donors (Lipinski definition) is 2. The summed E-state index contributed by atoms with van der Waals surface area (Å²) in [4.78, 5) is 22.3. The van der Waals surface area contributed by atoms with Gasteiger partial charge in [0.15, 0.2) is 0 Å². The predicted octanol–water partition coefficient (Wildman–Crippen LogP) is 1.76. The minimum atomic E-state index is -0.957. The van der Waals surface area contributed by atoms with Gasteiger partial charge in [0.2, 0.25) is 5.91 Å². The van der Waals surface area contributed by atoms with Gasteiger partial charge in [-0.2, -0.15) is 5.10 Å². The van der Waals surface area contributed by atoms with Gasteiger partial charge in [-0.1, -0.05) is 0 Å². The molecule has 0 unspecified atom stereocenters. The second-order valence-corrected chi connectivity index (χ2v) is 5.21. The summed E-state index contributed by atoms with van der Waals surface area (Å²) in [6.07, 6.45) is 0.0109. The summed E-state index contributed by atoms with van der Waals surface area (Å²) >= 11 is 0. The van der Waals surface area contributed by atoms with Crippen molar-refractivity contribution < 1.29 is 19.1 Å². The van der Waals surface area contributed by atoms with Crippen LogP contribution in [0.2, 0.25) is 0 Å². The van der Waals surface area contributed by atoms with E-state index in [9.17, 15) is 14.0 Å². The Hall–Kier alpha value is -2.70. The van der Waals surface area contributed by atoms with Crippen molar-refractivity contribution in [3.63, 3.8) is 0 Å². The van der Waals surface area contributed by atoms with E-state index in [0.29, 0.717) is 11.4 Å².